The van der Waals surface area contributed by atoms with Crippen LogP contribution in [0, 0.1) is 0 Å². The summed E-state index contributed by atoms with van der Waals surface area (Å²) in [5, 5.41) is 5.44. The van der Waals surface area contributed by atoms with Gasteiger partial charge < -0.3 is 15.4 Å². The summed E-state index contributed by atoms with van der Waals surface area (Å²) < 4.78 is 5.79. The number of methoxy groups -OCH3 is 1. The molecule has 8 heteroatoms. The minimum atomic E-state index is -0.336. The van der Waals surface area contributed by atoms with E-state index in [4.69, 9.17) is 4.74 Å². The minimum absolute atomic E-state index is 0.327. The van der Waals surface area contributed by atoms with Crippen molar-refractivity contribution in [2.24, 2.45) is 0 Å². The molecular weight excluding hydrogens is 412 g/mol. The van der Waals surface area contributed by atoms with E-state index < -0.39 is 0 Å². The maximum Gasteiger partial charge on any atom is 0.257 e. The first-order valence-electron chi connectivity index (χ1n) is 7.89. The zero-order valence-electron chi connectivity index (χ0n) is 14.3. The molecule has 3 rings (SSSR count). The lowest BCUT2D eigenvalue weighted by molar-refractivity contribution is 0.101. The Labute approximate surface area is 163 Å². The van der Waals surface area contributed by atoms with Crippen LogP contribution >= 0.6 is 15.9 Å². The standard InChI is InChI=1S/C19H15BrN4O3/c1-27-17-8-5-13(10-22-17)19(26)23-15-4-2-3-12(9-15)18(25)24-16-7-6-14(20)11-21-16/h2-11H,1H3,(H,23,26)(H,21,24,25). The van der Waals surface area contributed by atoms with E-state index in [1.54, 1.807) is 54.7 Å². The molecule has 3 aromatic rings. The van der Waals surface area contributed by atoms with E-state index in [-0.39, 0.29) is 11.8 Å². The Kier molecular flexibility index (Phi) is 5.77. The Bertz CT molecular complexity index is 959. The number of halogens is 1. The molecule has 7 nitrogen and oxygen atoms in total. The summed E-state index contributed by atoms with van der Waals surface area (Å²) >= 11 is 3.29. The van der Waals surface area contributed by atoms with Gasteiger partial charge in [0, 0.05) is 34.2 Å². The number of pyridine rings is 2. The van der Waals surface area contributed by atoms with E-state index in [2.05, 4.69) is 36.5 Å². The predicted octanol–water partition coefficient (Wildman–Crippen LogP) is 3.75. The molecular formula is C19H15BrN4O3. The van der Waals surface area contributed by atoms with Crippen LogP contribution in [0.25, 0.3) is 0 Å². The number of anilines is 2. The molecule has 0 atom stereocenters. The molecule has 0 radical (unpaired) electrons. The molecule has 27 heavy (non-hydrogen) atoms. The molecule has 0 saturated heterocycles. The summed E-state index contributed by atoms with van der Waals surface area (Å²) in [5.74, 6) is 0.193. The first-order chi connectivity index (χ1) is 13.0. The third-order valence-corrected chi connectivity index (χ3v) is 4.03. The number of amides is 2. The van der Waals surface area contributed by atoms with Crippen molar-refractivity contribution in [3.05, 3.63) is 76.5 Å². The van der Waals surface area contributed by atoms with Crippen molar-refractivity contribution >= 4 is 39.2 Å². The van der Waals surface area contributed by atoms with E-state index >= 15 is 0 Å². The number of rotatable bonds is 5. The molecule has 1 aromatic carbocycles. The summed E-state index contributed by atoms with van der Waals surface area (Å²) in [7, 11) is 1.50. The number of nitrogens with one attached hydrogen (secondary N) is 2. The van der Waals surface area contributed by atoms with Gasteiger partial charge in [-0.25, -0.2) is 9.97 Å². The zero-order valence-corrected chi connectivity index (χ0v) is 15.9. The van der Waals surface area contributed by atoms with Crippen LogP contribution in [0.2, 0.25) is 0 Å². The van der Waals surface area contributed by atoms with Gasteiger partial charge in [-0.1, -0.05) is 6.07 Å². The normalized spacial score (nSPS) is 10.1. The number of hydrogen-bond donors (Lipinski definition) is 2. The molecule has 0 spiro atoms. The van der Waals surface area contributed by atoms with Crippen molar-refractivity contribution in [3.8, 4) is 5.88 Å². The quantitative estimate of drug-likeness (QED) is 0.647. The molecule has 136 valence electrons. The van der Waals surface area contributed by atoms with E-state index in [1.807, 2.05) is 0 Å². The highest BCUT2D eigenvalue weighted by molar-refractivity contribution is 9.10. The number of aromatic nitrogens is 2. The molecule has 0 saturated carbocycles. The fourth-order valence-electron chi connectivity index (χ4n) is 2.22. The molecule has 2 aromatic heterocycles. The largest absolute Gasteiger partial charge is 0.481 e. The Hall–Kier alpha value is -3.26. The van der Waals surface area contributed by atoms with Crippen molar-refractivity contribution < 1.29 is 14.3 Å². The van der Waals surface area contributed by atoms with Crippen molar-refractivity contribution in [1.82, 2.24) is 9.97 Å². The number of benzene rings is 1. The fourth-order valence-corrected chi connectivity index (χ4v) is 2.45. The molecule has 0 aliphatic heterocycles. The van der Waals surface area contributed by atoms with E-state index in [1.165, 1.54) is 13.3 Å². The molecule has 2 amide bonds. The van der Waals surface area contributed by atoms with Crippen molar-refractivity contribution in [1.29, 1.82) is 0 Å². The molecule has 0 unspecified atom stereocenters. The first-order valence-corrected chi connectivity index (χ1v) is 8.69. The maximum atomic E-state index is 12.4. The smallest absolute Gasteiger partial charge is 0.257 e. The average Bonchev–Trinajstić information content (AvgIpc) is 2.70. The highest BCUT2D eigenvalue weighted by Gasteiger charge is 2.11. The highest BCUT2D eigenvalue weighted by atomic mass is 79.9. The van der Waals surface area contributed by atoms with Gasteiger partial charge in [-0.3, -0.25) is 9.59 Å². The van der Waals surface area contributed by atoms with Gasteiger partial charge in [-0.05, 0) is 52.3 Å². The van der Waals surface area contributed by atoms with Crippen molar-refractivity contribution in [3.63, 3.8) is 0 Å². The van der Waals surface area contributed by atoms with Gasteiger partial charge >= 0.3 is 0 Å². The topological polar surface area (TPSA) is 93.2 Å². The highest BCUT2D eigenvalue weighted by Crippen LogP contribution is 2.16. The van der Waals surface area contributed by atoms with E-state index in [9.17, 15) is 9.59 Å². The minimum Gasteiger partial charge on any atom is -0.481 e. The number of hydrogen-bond acceptors (Lipinski definition) is 5. The number of nitrogens with zero attached hydrogens (tertiary/aromatic N) is 2. The van der Waals surface area contributed by atoms with Crippen LogP contribution in [0.1, 0.15) is 20.7 Å². The summed E-state index contributed by atoms with van der Waals surface area (Å²) in [4.78, 5) is 32.8. The van der Waals surface area contributed by atoms with E-state index in [0.29, 0.717) is 28.5 Å². The summed E-state index contributed by atoms with van der Waals surface area (Å²) in [5.41, 5.74) is 1.27. The second-order valence-corrected chi connectivity index (χ2v) is 6.36. The van der Waals surface area contributed by atoms with Crippen LogP contribution in [-0.2, 0) is 0 Å². The lowest BCUT2D eigenvalue weighted by Gasteiger charge is -2.08. The summed E-state index contributed by atoms with van der Waals surface area (Å²) in [6.07, 6.45) is 3.01. The van der Waals surface area contributed by atoms with Gasteiger partial charge in [-0.2, -0.15) is 0 Å². The van der Waals surface area contributed by atoms with Gasteiger partial charge in [0.1, 0.15) is 5.82 Å². The molecule has 0 bridgehead atoms. The lowest BCUT2D eigenvalue weighted by Crippen LogP contribution is -2.15. The number of carbonyl (C=O) groups is 2. The van der Waals surface area contributed by atoms with Crippen LogP contribution in [0.15, 0.2) is 65.4 Å². The number of ether oxygens (including phenoxy) is 1. The molecule has 0 fully saturated rings. The fraction of sp³-hybridized carbons (Fsp3) is 0.0526. The Morgan fingerprint density at radius 3 is 2.41 bits per heavy atom. The molecule has 0 aliphatic carbocycles. The lowest BCUT2D eigenvalue weighted by atomic mass is 10.1. The van der Waals surface area contributed by atoms with Crippen LogP contribution in [0.3, 0.4) is 0 Å². The third-order valence-electron chi connectivity index (χ3n) is 3.56. The van der Waals surface area contributed by atoms with Crippen molar-refractivity contribution in [2.45, 2.75) is 0 Å². The van der Waals surface area contributed by atoms with Gasteiger partial charge in [0.15, 0.2) is 0 Å². The second-order valence-electron chi connectivity index (χ2n) is 5.44. The summed E-state index contributed by atoms with van der Waals surface area (Å²) in [6, 6.07) is 13.3. The Balaban J connectivity index is 1.69. The van der Waals surface area contributed by atoms with Crippen LogP contribution in [0.4, 0.5) is 11.5 Å². The molecule has 0 aliphatic rings. The SMILES string of the molecule is COc1ccc(C(=O)Nc2cccc(C(=O)Nc3ccc(Br)cn3)c2)cn1. The Morgan fingerprint density at radius 2 is 1.74 bits per heavy atom. The van der Waals surface area contributed by atoms with Crippen LogP contribution in [-0.4, -0.2) is 28.9 Å². The van der Waals surface area contributed by atoms with Crippen molar-refractivity contribution in [2.75, 3.05) is 17.7 Å². The second kappa shape index (κ2) is 8.41. The maximum absolute atomic E-state index is 12.4. The molecule has 2 N–H and O–H groups in total. The monoisotopic (exact) mass is 426 g/mol. The van der Waals surface area contributed by atoms with Gasteiger partial charge in [0.25, 0.3) is 11.8 Å². The van der Waals surface area contributed by atoms with Gasteiger partial charge in [0.05, 0.1) is 12.7 Å². The zero-order chi connectivity index (χ0) is 19.2. The number of carbonyl (C=O) groups excluding carboxylic acids is 2. The summed E-state index contributed by atoms with van der Waals surface area (Å²) in [6.45, 7) is 0. The van der Waals surface area contributed by atoms with Gasteiger partial charge in [0.2, 0.25) is 5.88 Å². The molecule has 2 heterocycles. The van der Waals surface area contributed by atoms with E-state index in [0.717, 1.165) is 4.47 Å². The predicted molar refractivity (Wildman–Crippen MR) is 105 cm³/mol. The van der Waals surface area contributed by atoms with Crippen LogP contribution < -0.4 is 15.4 Å². The van der Waals surface area contributed by atoms with Gasteiger partial charge in [-0.15, -0.1) is 0 Å². The Morgan fingerprint density at radius 1 is 0.926 bits per heavy atom. The van der Waals surface area contributed by atoms with Crippen LogP contribution in [0.5, 0.6) is 5.88 Å². The average molecular weight is 427 g/mol. The third kappa shape index (κ3) is 4.89. The first kappa shape index (κ1) is 18.5.